The minimum absolute atomic E-state index is 0.200. The van der Waals surface area contributed by atoms with Gasteiger partial charge in [0.1, 0.15) is 0 Å². The number of hydrogen-bond acceptors (Lipinski definition) is 3. The van der Waals surface area contributed by atoms with Crippen molar-refractivity contribution in [3.8, 4) is 0 Å². The average Bonchev–Trinajstić information content (AvgIpc) is 2.34. The quantitative estimate of drug-likeness (QED) is 0.820. The van der Waals surface area contributed by atoms with Gasteiger partial charge in [0.05, 0.1) is 6.10 Å². The van der Waals surface area contributed by atoms with E-state index in [2.05, 4.69) is 5.32 Å². The lowest BCUT2D eigenvalue weighted by Gasteiger charge is -2.27. The molecule has 1 aromatic carbocycles. The van der Waals surface area contributed by atoms with Gasteiger partial charge >= 0.3 is 0 Å². The summed E-state index contributed by atoms with van der Waals surface area (Å²) in [6.45, 7) is 0. The fourth-order valence-electron chi connectivity index (χ4n) is 2.22. The normalized spacial score (nSPS) is 24.2. The third-order valence-electron chi connectivity index (χ3n) is 3.16. The van der Waals surface area contributed by atoms with E-state index in [0.29, 0.717) is 16.7 Å². The van der Waals surface area contributed by atoms with Crippen molar-refractivity contribution in [1.29, 1.82) is 0 Å². The molecule has 0 spiro atoms. The summed E-state index contributed by atoms with van der Waals surface area (Å²) in [6, 6.07) is 7.41. The smallest absolute Gasteiger partial charge is 0.288 e. The molecular weight excluding hydrogens is 256 g/mol. The molecule has 0 bridgehead atoms. The van der Waals surface area contributed by atoms with E-state index in [1.807, 2.05) is 12.1 Å². The minimum Gasteiger partial charge on any atom is -0.393 e. The van der Waals surface area contributed by atoms with Gasteiger partial charge in [0.2, 0.25) is 0 Å². The molecule has 0 atom stereocenters. The molecule has 1 fully saturated rings. The fourth-order valence-corrected chi connectivity index (χ4v) is 2.83. The second kappa shape index (κ2) is 6.38. The molecule has 0 aliphatic heterocycles. The molecule has 0 amide bonds. The van der Waals surface area contributed by atoms with E-state index < -0.39 is 5.76 Å². The van der Waals surface area contributed by atoms with E-state index in [9.17, 15) is 13.9 Å². The van der Waals surface area contributed by atoms with Gasteiger partial charge in [0.15, 0.2) is 0 Å². The summed E-state index contributed by atoms with van der Waals surface area (Å²) in [5.74, 6) is -2.40. The molecule has 2 N–H and O–H groups in total. The molecule has 1 aliphatic rings. The predicted octanol–water partition coefficient (Wildman–Crippen LogP) is 3.72. The Morgan fingerprint density at radius 1 is 1.17 bits per heavy atom. The maximum Gasteiger partial charge on any atom is 0.288 e. The Morgan fingerprint density at radius 3 is 2.50 bits per heavy atom. The van der Waals surface area contributed by atoms with E-state index >= 15 is 0 Å². The van der Waals surface area contributed by atoms with E-state index in [-0.39, 0.29) is 12.1 Å². The Labute approximate surface area is 110 Å². The van der Waals surface area contributed by atoms with Crippen LogP contribution in [0.5, 0.6) is 0 Å². The number of aliphatic hydroxyl groups excluding tert-OH is 1. The van der Waals surface area contributed by atoms with Crippen molar-refractivity contribution in [3.63, 3.8) is 0 Å². The van der Waals surface area contributed by atoms with Gasteiger partial charge in [-0.3, -0.25) is 0 Å². The van der Waals surface area contributed by atoms with Crippen molar-refractivity contribution >= 4 is 17.4 Å². The highest BCUT2D eigenvalue weighted by atomic mass is 32.2. The molecule has 2 nitrogen and oxygen atoms in total. The number of aliphatic hydroxyl groups is 1. The molecular formula is C13H17F2NOS. The zero-order chi connectivity index (χ0) is 13.0. The molecule has 0 radical (unpaired) electrons. The van der Waals surface area contributed by atoms with Gasteiger partial charge in [0.25, 0.3) is 5.76 Å². The van der Waals surface area contributed by atoms with E-state index in [1.165, 1.54) is 0 Å². The number of rotatable bonds is 4. The number of alkyl halides is 2. The lowest BCUT2D eigenvalue weighted by Crippen LogP contribution is -2.28. The first-order valence-corrected chi connectivity index (χ1v) is 7.01. The number of hydrogen-bond donors (Lipinski definition) is 2. The van der Waals surface area contributed by atoms with Crippen molar-refractivity contribution < 1.29 is 13.9 Å². The molecule has 1 aliphatic carbocycles. The Hall–Kier alpha value is -0.810. The number of benzene rings is 1. The highest BCUT2D eigenvalue weighted by Crippen LogP contribution is 2.33. The second-order valence-corrected chi connectivity index (χ2v) is 5.56. The van der Waals surface area contributed by atoms with Gasteiger partial charge in [-0.15, -0.1) is 0 Å². The first-order chi connectivity index (χ1) is 8.65. The Morgan fingerprint density at radius 2 is 1.83 bits per heavy atom. The summed E-state index contributed by atoms with van der Waals surface area (Å²) in [6.07, 6.45) is 3.13. The van der Waals surface area contributed by atoms with E-state index in [0.717, 1.165) is 31.4 Å². The maximum atomic E-state index is 12.4. The molecule has 5 heteroatoms. The van der Waals surface area contributed by atoms with Crippen LogP contribution < -0.4 is 5.32 Å². The van der Waals surface area contributed by atoms with Crippen LogP contribution in [0.1, 0.15) is 25.7 Å². The molecule has 1 aromatic rings. The first-order valence-electron chi connectivity index (χ1n) is 6.13. The maximum absolute atomic E-state index is 12.4. The molecule has 0 unspecified atom stereocenters. The topological polar surface area (TPSA) is 32.3 Å². The summed E-state index contributed by atoms with van der Waals surface area (Å²) in [5.41, 5.74) is 0.768. The monoisotopic (exact) mass is 273 g/mol. The lowest BCUT2D eigenvalue weighted by molar-refractivity contribution is 0.126. The van der Waals surface area contributed by atoms with Crippen LogP contribution in [-0.4, -0.2) is 23.0 Å². The summed E-state index contributed by atoms with van der Waals surface area (Å²) in [5, 5.41) is 12.7. The summed E-state index contributed by atoms with van der Waals surface area (Å²) in [4.78, 5) is 0.582. The fraction of sp³-hybridized carbons (Fsp3) is 0.538. The van der Waals surface area contributed by atoms with Gasteiger partial charge in [-0.25, -0.2) is 0 Å². The Balaban J connectivity index is 2.00. The lowest BCUT2D eigenvalue weighted by atomic mass is 9.93. The van der Waals surface area contributed by atoms with Crippen molar-refractivity contribution in [2.45, 2.75) is 48.5 Å². The number of thioether (sulfide) groups is 1. The Kier molecular flexibility index (Phi) is 4.83. The summed E-state index contributed by atoms with van der Waals surface area (Å²) >= 11 is 0.569. The van der Waals surface area contributed by atoms with Gasteiger partial charge in [0, 0.05) is 16.6 Å². The van der Waals surface area contributed by atoms with Crippen LogP contribution in [0, 0.1) is 0 Å². The molecule has 100 valence electrons. The zero-order valence-electron chi connectivity index (χ0n) is 9.98. The Bertz CT molecular complexity index is 381. The molecule has 1 saturated carbocycles. The molecule has 0 saturated heterocycles. The molecule has 18 heavy (non-hydrogen) atoms. The van der Waals surface area contributed by atoms with Crippen LogP contribution in [0.15, 0.2) is 29.2 Å². The predicted molar refractivity (Wildman–Crippen MR) is 70.2 cm³/mol. The SMILES string of the molecule is OC1CCC(Nc2ccccc2SC(F)F)CC1. The van der Waals surface area contributed by atoms with Gasteiger partial charge in [-0.05, 0) is 37.8 Å². The second-order valence-electron chi connectivity index (χ2n) is 4.52. The standard InChI is InChI=1S/C13H17F2NOS/c14-13(15)18-12-4-2-1-3-11(12)16-9-5-7-10(17)8-6-9/h1-4,9-10,13,16-17H,5-8H2. The van der Waals surface area contributed by atoms with Crippen molar-refractivity contribution in [2.24, 2.45) is 0 Å². The highest BCUT2D eigenvalue weighted by molar-refractivity contribution is 7.99. The molecule has 2 rings (SSSR count). The summed E-state index contributed by atoms with van der Waals surface area (Å²) < 4.78 is 24.9. The summed E-state index contributed by atoms with van der Waals surface area (Å²) in [7, 11) is 0. The third kappa shape index (κ3) is 3.85. The van der Waals surface area contributed by atoms with Crippen molar-refractivity contribution in [2.75, 3.05) is 5.32 Å². The minimum atomic E-state index is -2.40. The number of halogens is 2. The van der Waals surface area contributed by atoms with Crippen LogP contribution in [0.3, 0.4) is 0 Å². The molecule has 0 aromatic heterocycles. The zero-order valence-corrected chi connectivity index (χ0v) is 10.8. The van der Waals surface area contributed by atoms with Crippen LogP contribution in [0.2, 0.25) is 0 Å². The largest absolute Gasteiger partial charge is 0.393 e. The van der Waals surface area contributed by atoms with Crippen LogP contribution in [0.4, 0.5) is 14.5 Å². The number of anilines is 1. The number of nitrogens with one attached hydrogen (secondary N) is 1. The van der Waals surface area contributed by atoms with Gasteiger partial charge in [-0.1, -0.05) is 23.9 Å². The van der Waals surface area contributed by atoms with Crippen LogP contribution in [0.25, 0.3) is 0 Å². The number of para-hydroxylation sites is 1. The van der Waals surface area contributed by atoms with Crippen molar-refractivity contribution in [3.05, 3.63) is 24.3 Å². The van der Waals surface area contributed by atoms with E-state index in [4.69, 9.17) is 0 Å². The van der Waals surface area contributed by atoms with E-state index in [1.54, 1.807) is 12.1 Å². The van der Waals surface area contributed by atoms with Gasteiger partial charge in [-0.2, -0.15) is 8.78 Å². The van der Waals surface area contributed by atoms with Gasteiger partial charge < -0.3 is 10.4 Å². The average molecular weight is 273 g/mol. The first kappa shape index (κ1) is 13.6. The third-order valence-corrected chi connectivity index (χ3v) is 3.95. The van der Waals surface area contributed by atoms with Crippen molar-refractivity contribution in [1.82, 2.24) is 0 Å². The molecule has 0 heterocycles. The van der Waals surface area contributed by atoms with Crippen LogP contribution >= 0.6 is 11.8 Å². The van der Waals surface area contributed by atoms with Crippen LogP contribution in [-0.2, 0) is 0 Å². The highest BCUT2D eigenvalue weighted by Gasteiger charge is 2.20.